The monoisotopic (exact) mass is 485 g/mol. The van der Waals surface area contributed by atoms with E-state index >= 15 is 0 Å². The van der Waals surface area contributed by atoms with Crippen molar-refractivity contribution in [3.63, 3.8) is 0 Å². The van der Waals surface area contributed by atoms with Gasteiger partial charge in [0.05, 0.1) is 33.3 Å². The van der Waals surface area contributed by atoms with Crippen molar-refractivity contribution in [1.82, 2.24) is 14.5 Å². The number of methoxy groups -OCH3 is 1. The van der Waals surface area contributed by atoms with Crippen LogP contribution in [0, 0.1) is 5.82 Å². The Morgan fingerprint density at radius 3 is 2.77 bits per heavy atom. The first-order valence-corrected chi connectivity index (χ1v) is 11.7. The summed E-state index contributed by atoms with van der Waals surface area (Å²) >= 11 is 0. The number of rotatable bonds is 11. The van der Waals surface area contributed by atoms with E-state index in [4.69, 9.17) is 18.9 Å². The van der Waals surface area contributed by atoms with Crippen LogP contribution in [0.1, 0.15) is 12.0 Å². The molecule has 0 unspecified atom stereocenters. The van der Waals surface area contributed by atoms with Gasteiger partial charge < -0.3 is 28.6 Å². The fraction of sp³-hybridized carbons (Fsp3) is 0.423. The zero-order valence-corrected chi connectivity index (χ0v) is 19.9. The first kappa shape index (κ1) is 25.0. The fourth-order valence-corrected chi connectivity index (χ4v) is 4.01. The second kappa shape index (κ2) is 12.0. The van der Waals surface area contributed by atoms with Crippen molar-refractivity contribution in [2.75, 3.05) is 46.6 Å². The van der Waals surface area contributed by atoms with Crippen LogP contribution in [-0.2, 0) is 17.8 Å². The van der Waals surface area contributed by atoms with Crippen LogP contribution in [0.3, 0.4) is 0 Å². The molecule has 1 aliphatic rings. The maximum absolute atomic E-state index is 13.1. The van der Waals surface area contributed by atoms with Crippen LogP contribution >= 0.6 is 0 Å². The number of benzene rings is 2. The van der Waals surface area contributed by atoms with E-state index in [2.05, 4.69) is 9.88 Å². The van der Waals surface area contributed by atoms with Gasteiger partial charge in [0.15, 0.2) is 11.5 Å². The van der Waals surface area contributed by atoms with Crippen molar-refractivity contribution < 1.29 is 28.4 Å². The van der Waals surface area contributed by atoms with Gasteiger partial charge in [0.2, 0.25) is 0 Å². The van der Waals surface area contributed by atoms with Crippen molar-refractivity contribution in [3.05, 3.63) is 72.6 Å². The average Bonchev–Trinajstić information content (AvgIpc) is 3.31. The summed E-state index contributed by atoms with van der Waals surface area (Å²) < 4.78 is 38.0. The van der Waals surface area contributed by atoms with Crippen LogP contribution in [0.4, 0.5) is 4.39 Å². The molecule has 1 aromatic heterocycles. The molecule has 1 N–H and O–H groups in total. The van der Waals surface area contributed by atoms with Gasteiger partial charge in [-0.3, -0.25) is 4.90 Å². The lowest BCUT2D eigenvalue weighted by Gasteiger charge is -2.30. The molecule has 1 aliphatic heterocycles. The van der Waals surface area contributed by atoms with E-state index in [1.54, 1.807) is 31.8 Å². The van der Waals surface area contributed by atoms with Gasteiger partial charge in [0, 0.05) is 38.6 Å². The third-order valence-corrected chi connectivity index (χ3v) is 5.77. The highest BCUT2D eigenvalue weighted by Crippen LogP contribution is 2.29. The van der Waals surface area contributed by atoms with Crippen LogP contribution in [0.5, 0.6) is 17.2 Å². The van der Waals surface area contributed by atoms with Gasteiger partial charge in [-0.05, 0) is 48.4 Å². The Labute approximate surface area is 204 Å². The van der Waals surface area contributed by atoms with Gasteiger partial charge in [-0.15, -0.1) is 0 Å². The molecule has 0 spiro atoms. The van der Waals surface area contributed by atoms with Crippen LogP contribution in [0.25, 0.3) is 0 Å². The largest absolute Gasteiger partial charge is 0.493 e. The van der Waals surface area contributed by atoms with Crippen molar-refractivity contribution >= 4 is 0 Å². The van der Waals surface area contributed by atoms with Crippen LogP contribution in [-0.4, -0.2) is 71.8 Å². The van der Waals surface area contributed by atoms with Gasteiger partial charge in [-0.1, -0.05) is 6.07 Å². The lowest BCUT2D eigenvalue weighted by Crippen LogP contribution is -2.48. The summed E-state index contributed by atoms with van der Waals surface area (Å²) in [6, 6.07) is 11.6. The number of aliphatic hydroxyl groups is 1. The van der Waals surface area contributed by atoms with E-state index in [0.29, 0.717) is 50.1 Å². The smallest absolute Gasteiger partial charge is 0.161 e. The molecule has 4 rings (SSSR count). The van der Waals surface area contributed by atoms with Gasteiger partial charge in [0.25, 0.3) is 0 Å². The second-order valence-corrected chi connectivity index (χ2v) is 8.72. The highest BCUT2D eigenvalue weighted by atomic mass is 19.1. The van der Waals surface area contributed by atoms with Crippen molar-refractivity contribution in [1.29, 1.82) is 0 Å². The molecule has 8 nitrogen and oxygen atoms in total. The van der Waals surface area contributed by atoms with Gasteiger partial charge in [-0.2, -0.15) is 0 Å². The van der Waals surface area contributed by atoms with E-state index in [0.717, 1.165) is 18.5 Å². The molecule has 3 aromatic rings. The Morgan fingerprint density at radius 1 is 1.14 bits per heavy atom. The number of nitrogens with zero attached hydrogens (tertiary/aromatic N) is 3. The molecule has 0 bridgehead atoms. The summed E-state index contributed by atoms with van der Waals surface area (Å²) in [5, 5.41) is 11.2. The first-order chi connectivity index (χ1) is 17.0. The number of aryl methyl sites for hydroxylation is 1. The van der Waals surface area contributed by atoms with E-state index < -0.39 is 5.60 Å². The summed E-state index contributed by atoms with van der Waals surface area (Å²) in [6.07, 6.45) is 6.32. The summed E-state index contributed by atoms with van der Waals surface area (Å²) in [4.78, 5) is 6.18. The third-order valence-electron chi connectivity index (χ3n) is 5.77. The predicted molar refractivity (Wildman–Crippen MR) is 128 cm³/mol. The summed E-state index contributed by atoms with van der Waals surface area (Å²) in [6.45, 7) is 3.75. The minimum Gasteiger partial charge on any atom is -0.493 e. The van der Waals surface area contributed by atoms with E-state index in [9.17, 15) is 9.50 Å². The zero-order chi connectivity index (χ0) is 24.5. The average molecular weight is 486 g/mol. The standard InChI is InChI=1S/C26H32FN3O5/c1-32-24-8-3-21(15-25(24)34-13-2-10-29-11-9-28-20-29)16-30-12-14-33-18-26(31,17-30)19-35-23-6-4-22(27)5-7-23/h3-9,11,15,20,31H,2,10,12-14,16-19H2,1H3/t26-/m1/s1. The molecule has 9 heteroatoms. The van der Waals surface area contributed by atoms with Crippen LogP contribution < -0.4 is 14.2 Å². The molecule has 0 saturated carbocycles. The molecule has 2 heterocycles. The van der Waals surface area contributed by atoms with Gasteiger partial charge in [0.1, 0.15) is 23.8 Å². The lowest BCUT2D eigenvalue weighted by molar-refractivity contribution is -0.0646. The van der Waals surface area contributed by atoms with E-state index in [1.165, 1.54) is 12.1 Å². The zero-order valence-electron chi connectivity index (χ0n) is 19.9. The molecular weight excluding hydrogens is 453 g/mol. The maximum atomic E-state index is 13.1. The molecular formula is C26H32FN3O5. The Morgan fingerprint density at radius 2 is 2.00 bits per heavy atom. The quantitative estimate of drug-likeness (QED) is 0.418. The molecule has 188 valence electrons. The van der Waals surface area contributed by atoms with E-state index in [1.807, 2.05) is 29.0 Å². The fourth-order valence-electron chi connectivity index (χ4n) is 4.01. The molecule has 0 radical (unpaired) electrons. The minimum absolute atomic E-state index is 0.0447. The Bertz CT molecular complexity index is 1050. The lowest BCUT2D eigenvalue weighted by atomic mass is 10.1. The maximum Gasteiger partial charge on any atom is 0.161 e. The van der Waals surface area contributed by atoms with Gasteiger partial charge in [-0.25, -0.2) is 9.37 Å². The number of hydrogen-bond donors (Lipinski definition) is 1. The number of hydrogen-bond acceptors (Lipinski definition) is 7. The molecule has 1 atom stereocenters. The van der Waals surface area contributed by atoms with Crippen LogP contribution in [0.2, 0.25) is 0 Å². The highest BCUT2D eigenvalue weighted by Gasteiger charge is 2.33. The summed E-state index contributed by atoms with van der Waals surface area (Å²) in [7, 11) is 1.63. The normalized spacial score (nSPS) is 18.7. The molecule has 1 fully saturated rings. The Balaban J connectivity index is 1.34. The number of β-amino-alcohol motifs (C(OH)–C–C–N with tert-alkyl or cyclic N) is 1. The third kappa shape index (κ3) is 7.42. The summed E-state index contributed by atoms with van der Waals surface area (Å²) in [5.41, 5.74) is -0.150. The van der Waals surface area contributed by atoms with E-state index in [-0.39, 0.29) is 19.0 Å². The predicted octanol–water partition coefficient (Wildman–Crippen LogP) is 3.14. The Kier molecular flexibility index (Phi) is 8.57. The summed E-state index contributed by atoms with van der Waals surface area (Å²) in [5.74, 6) is 1.54. The second-order valence-electron chi connectivity index (χ2n) is 8.72. The topological polar surface area (TPSA) is 78.2 Å². The Hall–Kier alpha value is -3.14. The SMILES string of the molecule is COc1ccc(CN2CCOC[C@@](O)(COc3ccc(F)cc3)C2)cc1OCCCn1ccnc1. The number of aromatic nitrogens is 2. The number of imidazole rings is 1. The molecule has 35 heavy (non-hydrogen) atoms. The molecule has 1 saturated heterocycles. The first-order valence-electron chi connectivity index (χ1n) is 11.7. The number of halogens is 1. The highest BCUT2D eigenvalue weighted by molar-refractivity contribution is 5.43. The molecule has 0 amide bonds. The molecule has 2 aromatic carbocycles. The molecule has 0 aliphatic carbocycles. The van der Waals surface area contributed by atoms with Crippen molar-refractivity contribution in [2.24, 2.45) is 0 Å². The minimum atomic E-state index is -1.19. The van der Waals surface area contributed by atoms with Crippen molar-refractivity contribution in [3.8, 4) is 17.2 Å². The number of ether oxygens (including phenoxy) is 4. The van der Waals surface area contributed by atoms with Crippen LogP contribution in [0.15, 0.2) is 61.2 Å². The van der Waals surface area contributed by atoms with Gasteiger partial charge >= 0.3 is 0 Å². The van der Waals surface area contributed by atoms with Crippen molar-refractivity contribution in [2.45, 2.75) is 25.1 Å².